The van der Waals surface area contributed by atoms with Gasteiger partial charge < -0.3 is 14.2 Å². The highest BCUT2D eigenvalue weighted by atomic mass is 16.6. The van der Waals surface area contributed by atoms with Crippen molar-refractivity contribution < 1.29 is 23.8 Å². The Morgan fingerprint density at radius 1 is 1.24 bits per heavy atom. The average molecular weight is 242 g/mol. The molecular formula is C12H18O5. The molecular weight excluding hydrogens is 224 g/mol. The van der Waals surface area contributed by atoms with Crippen molar-refractivity contribution in [3.63, 3.8) is 0 Å². The van der Waals surface area contributed by atoms with Crippen LogP contribution in [0.4, 0.5) is 0 Å². The molecule has 0 amide bonds. The molecule has 5 nitrogen and oxygen atoms in total. The van der Waals surface area contributed by atoms with Crippen molar-refractivity contribution in [3.8, 4) is 0 Å². The molecule has 2 fully saturated rings. The smallest absolute Gasteiger partial charge is 0.315 e. The van der Waals surface area contributed by atoms with Crippen molar-refractivity contribution >= 4 is 11.9 Å². The maximum absolute atomic E-state index is 12.0. The van der Waals surface area contributed by atoms with Crippen molar-refractivity contribution in [2.24, 2.45) is 11.3 Å². The first-order chi connectivity index (χ1) is 7.90. The van der Waals surface area contributed by atoms with Crippen molar-refractivity contribution in [2.75, 3.05) is 14.2 Å². The highest BCUT2D eigenvalue weighted by Gasteiger charge is 2.70. The zero-order valence-corrected chi connectivity index (χ0v) is 10.6. The largest absolute Gasteiger partial charge is 0.469 e. The summed E-state index contributed by atoms with van der Waals surface area (Å²) in [7, 11) is 2.66. The fourth-order valence-electron chi connectivity index (χ4n) is 3.40. The second-order valence-electron chi connectivity index (χ2n) is 5.19. The summed E-state index contributed by atoms with van der Waals surface area (Å²) in [5, 5.41) is 0. The van der Waals surface area contributed by atoms with E-state index < -0.39 is 28.9 Å². The molecule has 0 saturated carbocycles. The van der Waals surface area contributed by atoms with Gasteiger partial charge in [0.2, 0.25) is 0 Å². The van der Waals surface area contributed by atoms with Crippen LogP contribution in [0.15, 0.2) is 0 Å². The van der Waals surface area contributed by atoms with Gasteiger partial charge in [0.05, 0.1) is 25.9 Å². The molecule has 2 bridgehead atoms. The zero-order chi connectivity index (χ0) is 12.8. The molecule has 5 heteroatoms. The third-order valence-corrected chi connectivity index (χ3v) is 4.26. The number of hydrogen-bond donors (Lipinski definition) is 0. The van der Waals surface area contributed by atoms with Crippen LogP contribution >= 0.6 is 0 Å². The summed E-state index contributed by atoms with van der Waals surface area (Å²) >= 11 is 0. The van der Waals surface area contributed by atoms with E-state index in [1.54, 1.807) is 6.92 Å². The lowest BCUT2D eigenvalue weighted by atomic mass is 9.63. The van der Waals surface area contributed by atoms with Gasteiger partial charge in [-0.05, 0) is 26.7 Å². The van der Waals surface area contributed by atoms with Gasteiger partial charge in [0.25, 0.3) is 0 Å². The number of methoxy groups -OCH3 is 2. The van der Waals surface area contributed by atoms with E-state index in [0.29, 0.717) is 0 Å². The molecule has 0 spiro atoms. The Bertz CT molecular complexity index is 366. The second kappa shape index (κ2) is 3.70. The number of esters is 2. The molecule has 2 aliphatic rings. The summed E-state index contributed by atoms with van der Waals surface area (Å²) in [4.78, 5) is 23.9. The number of carbonyl (C=O) groups is 2. The van der Waals surface area contributed by atoms with Crippen molar-refractivity contribution in [3.05, 3.63) is 0 Å². The van der Waals surface area contributed by atoms with Crippen LogP contribution in [-0.2, 0) is 23.8 Å². The van der Waals surface area contributed by atoms with Crippen molar-refractivity contribution in [1.29, 1.82) is 0 Å². The fourth-order valence-corrected chi connectivity index (χ4v) is 3.40. The van der Waals surface area contributed by atoms with E-state index in [2.05, 4.69) is 0 Å². The Labute approximate surface area is 100 Å². The predicted molar refractivity (Wildman–Crippen MR) is 58.1 cm³/mol. The molecule has 0 N–H and O–H groups in total. The SMILES string of the molecule is COC(=O)[C@H]1[C@](C)(C(=O)OC)[C@@H]2CC[C@]1(C)O2. The quantitative estimate of drug-likeness (QED) is 0.673. The Balaban J connectivity index is 2.44. The first-order valence-electron chi connectivity index (χ1n) is 5.74. The standard InChI is InChI=1S/C12H18O5/c1-11-6-5-7(17-11)12(2,10(14)16-4)8(11)9(13)15-3/h7-8H,5-6H2,1-4H3/t7-,8+,11-,12+/m0/s1. The summed E-state index contributed by atoms with van der Waals surface area (Å²) in [6.45, 7) is 3.60. The molecule has 2 rings (SSSR count). The van der Waals surface area contributed by atoms with Gasteiger partial charge in [0.15, 0.2) is 0 Å². The molecule has 4 atom stereocenters. The van der Waals surface area contributed by atoms with Crippen LogP contribution < -0.4 is 0 Å². The van der Waals surface area contributed by atoms with Crippen LogP contribution in [-0.4, -0.2) is 37.9 Å². The molecule has 0 aliphatic carbocycles. The van der Waals surface area contributed by atoms with Gasteiger partial charge in [-0.25, -0.2) is 0 Å². The molecule has 0 aromatic carbocycles. The number of ether oxygens (including phenoxy) is 3. The van der Waals surface area contributed by atoms with Crippen molar-refractivity contribution in [2.45, 2.75) is 38.4 Å². The van der Waals surface area contributed by atoms with E-state index in [1.807, 2.05) is 6.92 Å². The van der Waals surface area contributed by atoms with Gasteiger partial charge in [-0.1, -0.05) is 0 Å². The van der Waals surface area contributed by atoms with Gasteiger partial charge in [-0.15, -0.1) is 0 Å². The Hall–Kier alpha value is -1.10. The summed E-state index contributed by atoms with van der Waals surface area (Å²) in [5.41, 5.74) is -1.55. The lowest BCUT2D eigenvalue weighted by Gasteiger charge is -2.37. The van der Waals surface area contributed by atoms with Crippen LogP contribution in [0.5, 0.6) is 0 Å². The molecule has 0 radical (unpaired) electrons. The van der Waals surface area contributed by atoms with Crippen LogP contribution in [0.25, 0.3) is 0 Å². The monoisotopic (exact) mass is 242 g/mol. The Morgan fingerprint density at radius 2 is 1.88 bits per heavy atom. The summed E-state index contributed by atoms with van der Waals surface area (Å²) in [6, 6.07) is 0. The summed E-state index contributed by atoms with van der Waals surface area (Å²) < 4.78 is 15.5. The van der Waals surface area contributed by atoms with Gasteiger partial charge in [-0.3, -0.25) is 9.59 Å². The average Bonchev–Trinajstić information content (AvgIpc) is 2.79. The predicted octanol–water partition coefficient (Wildman–Crippen LogP) is 0.906. The Kier molecular flexibility index (Phi) is 2.69. The molecule has 2 aliphatic heterocycles. The first kappa shape index (κ1) is 12.4. The van der Waals surface area contributed by atoms with E-state index in [0.717, 1.165) is 12.8 Å². The third kappa shape index (κ3) is 1.41. The van der Waals surface area contributed by atoms with E-state index in [9.17, 15) is 9.59 Å². The van der Waals surface area contributed by atoms with Gasteiger partial charge >= 0.3 is 11.9 Å². The van der Waals surface area contributed by atoms with Gasteiger partial charge in [0, 0.05) is 0 Å². The van der Waals surface area contributed by atoms with Crippen molar-refractivity contribution in [1.82, 2.24) is 0 Å². The number of hydrogen-bond acceptors (Lipinski definition) is 5. The summed E-state index contributed by atoms with van der Waals surface area (Å²) in [5.74, 6) is -1.39. The lowest BCUT2D eigenvalue weighted by molar-refractivity contribution is -0.167. The molecule has 0 aromatic heterocycles. The highest BCUT2D eigenvalue weighted by Crippen LogP contribution is 2.58. The van der Waals surface area contributed by atoms with E-state index in [-0.39, 0.29) is 6.10 Å². The van der Waals surface area contributed by atoms with Crippen LogP contribution in [0, 0.1) is 11.3 Å². The summed E-state index contributed by atoms with van der Waals surface area (Å²) in [6.07, 6.45) is 1.28. The maximum atomic E-state index is 12.0. The molecule has 0 aromatic rings. The third-order valence-electron chi connectivity index (χ3n) is 4.26. The minimum absolute atomic E-state index is 0.260. The topological polar surface area (TPSA) is 61.8 Å². The maximum Gasteiger partial charge on any atom is 0.315 e. The minimum atomic E-state index is -0.936. The van der Waals surface area contributed by atoms with E-state index in [4.69, 9.17) is 14.2 Å². The number of rotatable bonds is 2. The number of carbonyl (C=O) groups excluding carboxylic acids is 2. The zero-order valence-electron chi connectivity index (χ0n) is 10.6. The molecule has 96 valence electrons. The Morgan fingerprint density at radius 3 is 2.41 bits per heavy atom. The molecule has 2 saturated heterocycles. The lowest BCUT2D eigenvalue weighted by Crippen LogP contribution is -2.51. The molecule has 2 heterocycles. The van der Waals surface area contributed by atoms with Crippen LogP contribution in [0.2, 0.25) is 0 Å². The highest BCUT2D eigenvalue weighted by molar-refractivity contribution is 5.87. The first-order valence-corrected chi connectivity index (χ1v) is 5.74. The fraction of sp³-hybridized carbons (Fsp3) is 0.833. The minimum Gasteiger partial charge on any atom is -0.469 e. The van der Waals surface area contributed by atoms with Gasteiger partial charge in [-0.2, -0.15) is 0 Å². The molecule has 17 heavy (non-hydrogen) atoms. The normalized spacial score (nSPS) is 43.5. The van der Waals surface area contributed by atoms with E-state index >= 15 is 0 Å². The van der Waals surface area contributed by atoms with Crippen LogP contribution in [0.3, 0.4) is 0 Å². The van der Waals surface area contributed by atoms with Crippen LogP contribution in [0.1, 0.15) is 26.7 Å². The number of fused-ring (bicyclic) bond motifs is 2. The van der Waals surface area contributed by atoms with E-state index in [1.165, 1.54) is 14.2 Å². The molecule has 0 unspecified atom stereocenters. The van der Waals surface area contributed by atoms with Gasteiger partial charge in [0.1, 0.15) is 11.3 Å². The second-order valence-corrected chi connectivity index (χ2v) is 5.19.